The van der Waals surface area contributed by atoms with E-state index in [1.165, 1.54) is 18.2 Å². The Bertz CT molecular complexity index is 636. The number of hydrogen-bond acceptors (Lipinski definition) is 4. The zero-order valence-corrected chi connectivity index (χ0v) is 11.1. The van der Waals surface area contributed by atoms with Crippen molar-refractivity contribution in [3.8, 4) is 0 Å². The van der Waals surface area contributed by atoms with Crippen LogP contribution in [0.25, 0.3) is 0 Å². The molecule has 2 rings (SSSR count). The summed E-state index contributed by atoms with van der Waals surface area (Å²) in [5, 5.41) is 1.68. The summed E-state index contributed by atoms with van der Waals surface area (Å²) in [5.41, 5.74) is 6.33. The average Bonchev–Trinajstić information content (AvgIpc) is 2.86. The second-order valence-electron chi connectivity index (χ2n) is 3.82. The molecule has 0 saturated carbocycles. The molecule has 0 saturated heterocycles. The van der Waals surface area contributed by atoms with Gasteiger partial charge in [-0.2, -0.15) is 0 Å². The first kappa shape index (κ1) is 13.2. The topological polar surface area (TPSA) is 60.2 Å². The largest absolute Gasteiger partial charge is 0.326 e. The van der Waals surface area contributed by atoms with Crippen LogP contribution in [0.1, 0.15) is 11.1 Å². The van der Waals surface area contributed by atoms with Crippen LogP contribution < -0.4 is 5.73 Å². The second-order valence-corrected chi connectivity index (χ2v) is 6.99. The quantitative estimate of drug-likeness (QED) is 0.937. The zero-order valence-electron chi connectivity index (χ0n) is 9.47. The highest BCUT2D eigenvalue weighted by Crippen LogP contribution is 2.22. The van der Waals surface area contributed by atoms with E-state index in [9.17, 15) is 12.8 Å². The van der Waals surface area contributed by atoms with Crippen molar-refractivity contribution in [1.29, 1.82) is 0 Å². The monoisotopic (exact) mass is 285 g/mol. The lowest BCUT2D eigenvalue weighted by atomic mass is 10.1. The molecule has 0 spiro atoms. The Labute approximate surface area is 109 Å². The van der Waals surface area contributed by atoms with Gasteiger partial charge in [-0.25, -0.2) is 12.8 Å². The van der Waals surface area contributed by atoms with Gasteiger partial charge in [-0.05, 0) is 23.1 Å². The molecule has 0 unspecified atom stereocenters. The predicted octanol–water partition coefficient (Wildman–Crippen LogP) is 2.32. The minimum atomic E-state index is -3.48. The lowest BCUT2D eigenvalue weighted by molar-refractivity contribution is 0.588. The smallest absolute Gasteiger partial charge is 0.191 e. The number of benzene rings is 1. The van der Waals surface area contributed by atoms with Crippen LogP contribution >= 0.6 is 11.3 Å². The highest BCUT2D eigenvalue weighted by molar-refractivity contribution is 7.92. The van der Waals surface area contributed by atoms with Gasteiger partial charge in [0.2, 0.25) is 0 Å². The maximum atomic E-state index is 13.6. The second kappa shape index (κ2) is 5.17. The molecule has 0 fully saturated rings. The summed E-state index contributed by atoms with van der Waals surface area (Å²) in [7, 11) is -3.48. The third kappa shape index (κ3) is 2.77. The van der Waals surface area contributed by atoms with E-state index in [-0.39, 0.29) is 22.1 Å². The molecule has 1 aromatic carbocycles. The summed E-state index contributed by atoms with van der Waals surface area (Å²) >= 11 is 1.13. The number of thiophene rings is 1. The summed E-state index contributed by atoms with van der Waals surface area (Å²) in [4.78, 5) is 0. The fraction of sp³-hybridized carbons (Fsp3) is 0.167. The molecule has 2 N–H and O–H groups in total. The Morgan fingerprint density at radius 1 is 1.28 bits per heavy atom. The molecule has 6 heteroatoms. The van der Waals surface area contributed by atoms with Gasteiger partial charge >= 0.3 is 0 Å². The van der Waals surface area contributed by atoms with Crippen LogP contribution in [0.3, 0.4) is 0 Å². The molecular weight excluding hydrogens is 273 g/mol. The van der Waals surface area contributed by atoms with E-state index < -0.39 is 15.7 Å². The first-order chi connectivity index (χ1) is 8.53. The van der Waals surface area contributed by atoms with Crippen LogP contribution in [-0.2, 0) is 22.1 Å². The lowest BCUT2D eigenvalue weighted by Crippen LogP contribution is -2.06. The summed E-state index contributed by atoms with van der Waals surface area (Å²) in [6.07, 6.45) is 0. The molecule has 3 nitrogen and oxygen atoms in total. The average molecular weight is 285 g/mol. The van der Waals surface area contributed by atoms with E-state index in [0.717, 1.165) is 11.3 Å². The highest BCUT2D eigenvalue weighted by atomic mass is 32.2. The normalized spacial score (nSPS) is 11.7. The van der Waals surface area contributed by atoms with E-state index in [2.05, 4.69) is 0 Å². The standard InChI is InChI=1S/C12H12FNO2S2/c13-11-4-3-9(7-14)6-10(11)8-18(15,16)12-2-1-5-17-12/h1-6H,7-8,14H2. The van der Waals surface area contributed by atoms with Crippen molar-refractivity contribution in [2.45, 2.75) is 16.5 Å². The van der Waals surface area contributed by atoms with Crippen molar-refractivity contribution < 1.29 is 12.8 Å². The first-order valence-electron chi connectivity index (χ1n) is 5.26. The Morgan fingerprint density at radius 3 is 2.67 bits per heavy atom. The van der Waals surface area contributed by atoms with Crippen LogP contribution in [0, 0.1) is 5.82 Å². The zero-order chi connectivity index (χ0) is 13.2. The van der Waals surface area contributed by atoms with Gasteiger partial charge in [-0.15, -0.1) is 11.3 Å². The Kier molecular flexibility index (Phi) is 3.79. The molecular formula is C12H12FNO2S2. The number of halogens is 1. The van der Waals surface area contributed by atoms with Gasteiger partial charge in [0, 0.05) is 12.1 Å². The van der Waals surface area contributed by atoms with E-state index >= 15 is 0 Å². The summed E-state index contributed by atoms with van der Waals surface area (Å²) in [6.45, 7) is 0.256. The fourth-order valence-electron chi connectivity index (χ4n) is 1.58. The van der Waals surface area contributed by atoms with E-state index in [0.29, 0.717) is 5.56 Å². The molecule has 0 amide bonds. The minimum absolute atomic E-state index is 0.159. The third-order valence-corrected chi connectivity index (χ3v) is 5.65. The number of nitrogens with two attached hydrogens (primary N) is 1. The maximum Gasteiger partial charge on any atom is 0.191 e. The van der Waals surface area contributed by atoms with Gasteiger partial charge in [0.1, 0.15) is 10.0 Å². The van der Waals surface area contributed by atoms with Crippen LogP contribution in [0.4, 0.5) is 4.39 Å². The van der Waals surface area contributed by atoms with E-state index in [1.54, 1.807) is 17.5 Å². The van der Waals surface area contributed by atoms with Gasteiger partial charge < -0.3 is 5.73 Å². The molecule has 0 bridgehead atoms. The van der Waals surface area contributed by atoms with Crippen LogP contribution in [0.5, 0.6) is 0 Å². The number of sulfone groups is 1. The minimum Gasteiger partial charge on any atom is -0.326 e. The van der Waals surface area contributed by atoms with E-state index in [1.807, 2.05) is 0 Å². The van der Waals surface area contributed by atoms with Gasteiger partial charge in [0.25, 0.3) is 0 Å². The number of hydrogen-bond donors (Lipinski definition) is 1. The van der Waals surface area contributed by atoms with Crippen molar-refractivity contribution in [3.63, 3.8) is 0 Å². The SMILES string of the molecule is NCc1ccc(F)c(CS(=O)(=O)c2cccs2)c1. The van der Waals surface area contributed by atoms with Crippen molar-refractivity contribution in [3.05, 3.63) is 52.7 Å². The third-order valence-electron chi connectivity index (χ3n) is 2.49. The molecule has 0 aliphatic rings. The lowest BCUT2D eigenvalue weighted by Gasteiger charge is -2.06. The Balaban J connectivity index is 2.35. The Morgan fingerprint density at radius 2 is 2.06 bits per heavy atom. The molecule has 0 atom stereocenters. The molecule has 2 aromatic rings. The Hall–Kier alpha value is -1.24. The van der Waals surface area contributed by atoms with Crippen LogP contribution in [-0.4, -0.2) is 8.42 Å². The van der Waals surface area contributed by atoms with Gasteiger partial charge in [-0.3, -0.25) is 0 Å². The maximum absolute atomic E-state index is 13.6. The van der Waals surface area contributed by atoms with Gasteiger partial charge in [0.05, 0.1) is 5.75 Å². The van der Waals surface area contributed by atoms with E-state index in [4.69, 9.17) is 5.73 Å². The molecule has 1 heterocycles. The predicted molar refractivity (Wildman–Crippen MR) is 69.5 cm³/mol. The van der Waals surface area contributed by atoms with Crippen molar-refractivity contribution in [1.82, 2.24) is 0 Å². The summed E-state index contributed by atoms with van der Waals surface area (Å²) in [5.74, 6) is -0.861. The van der Waals surface area contributed by atoms with Gasteiger partial charge in [-0.1, -0.05) is 18.2 Å². The summed E-state index contributed by atoms with van der Waals surface area (Å²) in [6, 6.07) is 7.48. The fourth-order valence-corrected chi connectivity index (χ4v) is 4.02. The van der Waals surface area contributed by atoms with Crippen molar-refractivity contribution in [2.75, 3.05) is 0 Å². The van der Waals surface area contributed by atoms with Crippen molar-refractivity contribution >= 4 is 21.2 Å². The molecule has 0 radical (unpaired) electrons. The molecule has 0 aliphatic carbocycles. The molecule has 96 valence electrons. The van der Waals surface area contributed by atoms with Crippen LogP contribution in [0.2, 0.25) is 0 Å². The number of rotatable bonds is 4. The molecule has 1 aromatic heterocycles. The molecule has 0 aliphatic heterocycles. The first-order valence-corrected chi connectivity index (χ1v) is 7.80. The van der Waals surface area contributed by atoms with Crippen LogP contribution in [0.15, 0.2) is 39.9 Å². The van der Waals surface area contributed by atoms with Crippen molar-refractivity contribution in [2.24, 2.45) is 5.73 Å². The highest BCUT2D eigenvalue weighted by Gasteiger charge is 2.18. The summed E-state index contributed by atoms with van der Waals surface area (Å²) < 4.78 is 37.9. The van der Waals surface area contributed by atoms with Gasteiger partial charge in [0.15, 0.2) is 9.84 Å². The molecule has 18 heavy (non-hydrogen) atoms.